The summed E-state index contributed by atoms with van der Waals surface area (Å²) in [5.74, 6) is 1.23. The van der Waals surface area contributed by atoms with Gasteiger partial charge in [-0.05, 0) is 17.6 Å². The summed E-state index contributed by atoms with van der Waals surface area (Å²) in [5.41, 5.74) is 0. The van der Waals surface area contributed by atoms with Crippen molar-refractivity contribution in [3.8, 4) is 0 Å². The van der Waals surface area contributed by atoms with Gasteiger partial charge in [-0.15, -0.1) is 0 Å². The third-order valence-electron chi connectivity index (χ3n) is 0.277. The van der Waals surface area contributed by atoms with E-state index in [1.165, 1.54) is 5.82 Å². The van der Waals surface area contributed by atoms with E-state index in [0.717, 1.165) is 0 Å². The maximum atomic E-state index is 9.66. The van der Waals surface area contributed by atoms with Crippen LogP contribution in [0, 0.1) is 0 Å². The first-order valence-corrected chi connectivity index (χ1v) is 2.83. The summed E-state index contributed by atoms with van der Waals surface area (Å²) in [5, 5.41) is 0. The van der Waals surface area contributed by atoms with Crippen molar-refractivity contribution in [2.75, 3.05) is 0 Å². The van der Waals surface area contributed by atoms with E-state index in [9.17, 15) is 4.57 Å². The SMILES string of the molecule is C/C=C\[P+](=O)O. The number of allylic oxidation sites excluding steroid dienone is 1. The fourth-order valence-corrected chi connectivity index (χ4v) is 0.383. The van der Waals surface area contributed by atoms with Crippen LogP contribution in [0.5, 0.6) is 0 Å². The minimum Gasteiger partial charge on any atom is -0.157 e. The van der Waals surface area contributed by atoms with Gasteiger partial charge >= 0.3 is 8.03 Å². The van der Waals surface area contributed by atoms with E-state index in [2.05, 4.69) is 0 Å². The maximum absolute atomic E-state index is 9.66. The molecule has 0 aromatic carbocycles. The highest BCUT2D eigenvalue weighted by atomic mass is 31.1. The average Bonchev–Trinajstić information content (AvgIpc) is 1.35. The Morgan fingerprint density at radius 3 is 2.33 bits per heavy atom. The van der Waals surface area contributed by atoms with Crippen molar-refractivity contribution < 1.29 is 9.46 Å². The Hall–Kier alpha value is -0.200. The lowest BCUT2D eigenvalue weighted by atomic mass is 10.8. The van der Waals surface area contributed by atoms with Gasteiger partial charge in [0.1, 0.15) is 0 Å². The molecule has 6 heavy (non-hydrogen) atoms. The second-order valence-corrected chi connectivity index (χ2v) is 1.69. The molecule has 0 radical (unpaired) electrons. The van der Waals surface area contributed by atoms with Gasteiger partial charge in [0.05, 0.1) is 0 Å². The third kappa shape index (κ3) is 3.80. The Labute approximate surface area is 37.4 Å². The fraction of sp³-hybridized carbons (Fsp3) is 0.333. The first kappa shape index (κ1) is 5.80. The molecule has 0 bridgehead atoms. The van der Waals surface area contributed by atoms with Crippen LogP contribution in [0.1, 0.15) is 6.92 Å². The van der Waals surface area contributed by atoms with Gasteiger partial charge in [-0.2, -0.15) is 4.89 Å². The minimum absolute atomic E-state index is 1.23. The molecule has 0 saturated heterocycles. The Kier molecular flexibility index (Phi) is 2.91. The van der Waals surface area contributed by atoms with E-state index in [0.29, 0.717) is 0 Å². The van der Waals surface area contributed by atoms with Crippen molar-refractivity contribution in [3.05, 3.63) is 11.9 Å². The molecular weight excluding hydrogens is 99.0 g/mol. The highest BCUT2D eigenvalue weighted by molar-refractivity contribution is 7.41. The van der Waals surface area contributed by atoms with Gasteiger partial charge in [0.2, 0.25) is 0 Å². The van der Waals surface area contributed by atoms with Crippen molar-refractivity contribution in [3.63, 3.8) is 0 Å². The quantitative estimate of drug-likeness (QED) is 0.509. The summed E-state index contributed by atoms with van der Waals surface area (Å²) in [6, 6.07) is 0. The van der Waals surface area contributed by atoms with Gasteiger partial charge < -0.3 is 0 Å². The van der Waals surface area contributed by atoms with E-state index in [-0.39, 0.29) is 0 Å². The predicted molar refractivity (Wildman–Crippen MR) is 24.6 cm³/mol. The Morgan fingerprint density at radius 1 is 1.83 bits per heavy atom. The molecule has 2 nitrogen and oxygen atoms in total. The van der Waals surface area contributed by atoms with Crippen LogP contribution < -0.4 is 0 Å². The molecule has 0 aliphatic rings. The first-order chi connectivity index (χ1) is 2.77. The predicted octanol–water partition coefficient (Wildman–Crippen LogP) is 1.25. The molecule has 34 valence electrons. The molecule has 0 spiro atoms. The van der Waals surface area contributed by atoms with Gasteiger partial charge in [-0.25, -0.2) is 0 Å². The Morgan fingerprint density at radius 2 is 2.33 bits per heavy atom. The van der Waals surface area contributed by atoms with Gasteiger partial charge in [0.15, 0.2) is 5.82 Å². The van der Waals surface area contributed by atoms with Crippen LogP contribution in [0.4, 0.5) is 0 Å². The number of hydrogen-bond donors (Lipinski definition) is 1. The highest BCUT2D eigenvalue weighted by Crippen LogP contribution is 2.12. The average molecular weight is 105 g/mol. The van der Waals surface area contributed by atoms with Crippen LogP contribution in [0.15, 0.2) is 11.9 Å². The lowest BCUT2D eigenvalue weighted by Crippen LogP contribution is -1.41. The molecule has 0 aromatic rings. The van der Waals surface area contributed by atoms with Crippen molar-refractivity contribution >= 4 is 8.03 Å². The van der Waals surface area contributed by atoms with Crippen LogP contribution in [0.3, 0.4) is 0 Å². The summed E-state index contributed by atoms with van der Waals surface area (Å²) < 4.78 is 9.66. The van der Waals surface area contributed by atoms with Gasteiger partial charge in [-0.1, -0.05) is 0 Å². The standard InChI is InChI=1S/C3H5O2P/c1-2-3-6(4)5/h2-3H,1H3/p+1/b3-2-. The molecule has 3 heteroatoms. The summed E-state index contributed by atoms with van der Waals surface area (Å²) in [7, 11) is -2.03. The number of hydrogen-bond acceptors (Lipinski definition) is 1. The molecule has 0 fully saturated rings. The lowest BCUT2D eigenvalue weighted by molar-refractivity contribution is 0.512. The zero-order chi connectivity index (χ0) is 4.99. The van der Waals surface area contributed by atoms with Gasteiger partial charge in [0, 0.05) is 0 Å². The largest absolute Gasteiger partial charge is 0.537 e. The molecular formula is C3H6O2P+. The summed E-state index contributed by atoms with van der Waals surface area (Å²) in [4.78, 5) is 7.97. The fourth-order valence-electron chi connectivity index (χ4n) is 0.128. The Bertz CT molecular complexity index is 76.9. The van der Waals surface area contributed by atoms with Crippen molar-refractivity contribution in [1.82, 2.24) is 0 Å². The summed E-state index contributed by atoms with van der Waals surface area (Å²) >= 11 is 0. The van der Waals surface area contributed by atoms with Gasteiger partial charge in [-0.3, -0.25) is 0 Å². The second-order valence-electron chi connectivity index (χ2n) is 0.785. The van der Waals surface area contributed by atoms with Crippen LogP contribution in [-0.2, 0) is 4.57 Å². The maximum Gasteiger partial charge on any atom is 0.537 e. The van der Waals surface area contributed by atoms with E-state index < -0.39 is 8.03 Å². The smallest absolute Gasteiger partial charge is 0.157 e. The minimum atomic E-state index is -2.03. The van der Waals surface area contributed by atoms with Crippen LogP contribution in [-0.4, -0.2) is 4.89 Å². The van der Waals surface area contributed by atoms with Crippen molar-refractivity contribution in [1.29, 1.82) is 0 Å². The van der Waals surface area contributed by atoms with Crippen molar-refractivity contribution in [2.45, 2.75) is 6.92 Å². The molecule has 0 aromatic heterocycles. The molecule has 1 unspecified atom stereocenters. The van der Waals surface area contributed by atoms with E-state index in [4.69, 9.17) is 4.89 Å². The second kappa shape index (κ2) is 3.01. The monoisotopic (exact) mass is 105 g/mol. The van der Waals surface area contributed by atoms with Crippen LogP contribution >= 0.6 is 8.03 Å². The molecule has 0 aliphatic carbocycles. The first-order valence-electron chi connectivity index (χ1n) is 1.55. The highest BCUT2D eigenvalue weighted by Gasteiger charge is 1.96. The molecule has 1 N–H and O–H groups in total. The normalized spacial score (nSPS) is 12.7. The molecule has 0 amide bonds. The number of rotatable bonds is 1. The van der Waals surface area contributed by atoms with E-state index >= 15 is 0 Å². The topological polar surface area (TPSA) is 37.3 Å². The van der Waals surface area contributed by atoms with Crippen LogP contribution in [0.25, 0.3) is 0 Å². The molecule has 0 aliphatic heterocycles. The zero-order valence-electron chi connectivity index (χ0n) is 3.46. The van der Waals surface area contributed by atoms with E-state index in [1.54, 1.807) is 13.0 Å². The molecule has 1 atom stereocenters. The Balaban J connectivity index is 3.30. The molecule has 0 rings (SSSR count). The lowest BCUT2D eigenvalue weighted by Gasteiger charge is -1.50. The molecule has 0 saturated carbocycles. The van der Waals surface area contributed by atoms with Crippen LogP contribution in [0.2, 0.25) is 0 Å². The zero-order valence-corrected chi connectivity index (χ0v) is 4.35. The summed E-state index contributed by atoms with van der Waals surface area (Å²) in [6.45, 7) is 1.70. The van der Waals surface area contributed by atoms with E-state index in [1.807, 2.05) is 0 Å². The van der Waals surface area contributed by atoms with Crippen molar-refractivity contribution in [2.24, 2.45) is 0 Å². The third-order valence-corrected chi connectivity index (χ3v) is 0.830. The molecule has 0 heterocycles. The van der Waals surface area contributed by atoms with Gasteiger partial charge in [0.25, 0.3) is 0 Å². The summed E-state index contributed by atoms with van der Waals surface area (Å²) in [6.07, 6.45) is 1.54.